The third-order valence-corrected chi connectivity index (χ3v) is 2.70. The minimum absolute atomic E-state index is 0.126. The van der Waals surface area contributed by atoms with Crippen LogP contribution in [-0.4, -0.2) is 6.04 Å². The van der Waals surface area contributed by atoms with Gasteiger partial charge >= 0.3 is 0 Å². The molecule has 1 rings (SSSR count). The SMILES string of the molecule is Cc1cc(CNC(C)CC(C)C)ccc1F. The molecule has 1 N–H and O–H groups in total. The van der Waals surface area contributed by atoms with E-state index in [1.54, 1.807) is 13.0 Å². The monoisotopic (exact) mass is 223 g/mol. The lowest BCUT2D eigenvalue weighted by atomic mass is 10.0. The van der Waals surface area contributed by atoms with Crippen molar-refractivity contribution in [2.75, 3.05) is 0 Å². The summed E-state index contributed by atoms with van der Waals surface area (Å²) in [5, 5.41) is 3.45. The molecule has 1 aromatic rings. The van der Waals surface area contributed by atoms with Crippen LogP contribution in [0.25, 0.3) is 0 Å². The van der Waals surface area contributed by atoms with Crippen molar-refractivity contribution in [1.29, 1.82) is 0 Å². The summed E-state index contributed by atoms with van der Waals surface area (Å²) >= 11 is 0. The second-order valence-corrected chi connectivity index (χ2v) is 5.00. The Morgan fingerprint density at radius 2 is 1.94 bits per heavy atom. The van der Waals surface area contributed by atoms with Gasteiger partial charge in [0, 0.05) is 12.6 Å². The summed E-state index contributed by atoms with van der Waals surface area (Å²) in [7, 11) is 0. The van der Waals surface area contributed by atoms with E-state index in [2.05, 4.69) is 26.1 Å². The van der Waals surface area contributed by atoms with Crippen LogP contribution >= 0.6 is 0 Å². The van der Waals surface area contributed by atoms with Gasteiger partial charge in [-0.25, -0.2) is 4.39 Å². The molecule has 1 unspecified atom stereocenters. The van der Waals surface area contributed by atoms with E-state index < -0.39 is 0 Å². The molecule has 0 amide bonds. The Morgan fingerprint density at radius 3 is 2.50 bits per heavy atom. The maximum atomic E-state index is 13.0. The molecule has 0 aliphatic heterocycles. The molecule has 0 aliphatic carbocycles. The predicted octanol–water partition coefficient (Wildman–Crippen LogP) is 3.66. The predicted molar refractivity (Wildman–Crippen MR) is 66.9 cm³/mol. The molecule has 90 valence electrons. The molecule has 0 heterocycles. The normalized spacial score (nSPS) is 13.1. The van der Waals surface area contributed by atoms with E-state index in [1.165, 1.54) is 6.42 Å². The fourth-order valence-corrected chi connectivity index (χ4v) is 1.90. The van der Waals surface area contributed by atoms with Gasteiger partial charge in [-0.05, 0) is 43.4 Å². The van der Waals surface area contributed by atoms with Crippen LogP contribution < -0.4 is 5.32 Å². The molecule has 0 aliphatic rings. The Bertz CT molecular complexity index is 334. The highest BCUT2D eigenvalue weighted by Crippen LogP contribution is 2.10. The smallest absolute Gasteiger partial charge is 0.126 e. The first-order chi connectivity index (χ1) is 7.49. The molecule has 1 aromatic carbocycles. The molecule has 0 radical (unpaired) electrons. The molecule has 0 aromatic heterocycles. The minimum atomic E-state index is -0.126. The molecule has 0 saturated heterocycles. The van der Waals surface area contributed by atoms with Crippen LogP contribution in [0.4, 0.5) is 4.39 Å². The first-order valence-electron chi connectivity index (χ1n) is 5.97. The van der Waals surface area contributed by atoms with Crippen molar-refractivity contribution in [3.8, 4) is 0 Å². The molecule has 0 saturated carbocycles. The van der Waals surface area contributed by atoms with E-state index in [4.69, 9.17) is 0 Å². The van der Waals surface area contributed by atoms with Crippen LogP contribution in [0.1, 0.15) is 38.3 Å². The van der Waals surface area contributed by atoms with Gasteiger partial charge in [-0.3, -0.25) is 0 Å². The Hall–Kier alpha value is -0.890. The van der Waals surface area contributed by atoms with E-state index in [-0.39, 0.29) is 5.82 Å². The van der Waals surface area contributed by atoms with Crippen LogP contribution in [0.15, 0.2) is 18.2 Å². The number of nitrogens with one attached hydrogen (secondary N) is 1. The van der Waals surface area contributed by atoms with Gasteiger partial charge in [-0.15, -0.1) is 0 Å². The lowest BCUT2D eigenvalue weighted by Crippen LogP contribution is -2.26. The number of rotatable bonds is 5. The average molecular weight is 223 g/mol. The third kappa shape index (κ3) is 4.31. The Balaban J connectivity index is 2.45. The van der Waals surface area contributed by atoms with E-state index >= 15 is 0 Å². The first-order valence-corrected chi connectivity index (χ1v) is 5.97. The van der Waals surface area contributed by atoms with Crippen molar-refractivity contribution >= 4 is 0 Å². The van der Waals surface area contributed by atoms with Gasteiger partial charge in [0.05, 0.1) is 0 Å². The van der Waals surface area contributed by atoms with Crippen LogP contribution in [0, 0.1) is 18.7 Å². The van der Waals surface area contributed by atoms with Gasteiger partial charge in [-0.1, -0.05) is 26.0 Å². The molecular weight excluding hydrogens is 201 g/mol. The number of halogens is 1. The zero-order valence-corrected chi connectivity index (χ0v) is 10.7. The van der Waals surface area contributed by atoms with Crippen LogP contribution in [-0.2, 0) is 6.54 Å². The largest absolute Gasteiger partial charge is 0.310 e. The summed E-state index contributed by atoms with van der Waals surface area (Å²) in [5.41, 5.74) is 1.87. The zero-order valence-electron chi connectivity index (χ0n) is 10.7. The highest BCUT2D eigenvalue weighted by Gasteiger charge is 2.05. The number of hydrogen-bond acceptors (Lipinski definition) is 1. The molecule has 2 heteroatoms. The maximum Gasteiger partial charge on any atom is 0.126 e. The number of benzene rings is 1. The summed E-state index contributed by atoms with van der Waals surface area (Å²) in [6, 6.07) is 5.80. The second kappa shape index (κ2) is 6.00. The van der Waals surface area contributed by atoms with Gasteiger partial charge < -0.3 is 5.32 Å². The van der Waals surface area contributed by atoms with Crippen molar-refractivity contribution in [2.24, 2.45) is 5.92 Å². The van der Waals surface area contributed by atoms with E-state index in [0.717, 1.165) is 17.7 Å². The zero-order chi connectivity index (χ0) is 12.1. The third-order valence-electron chi connectivity index (χ3n) is 2.70. The van der Waals surface area contributed by atoms with Crippen LogP contribution in [0.3, 0.4) is 0 Å². The molecule has 16 heavy (non-hydrogen) atoms. The van der Waals surface area contributed by atoms with E-state index in [0.29, 0.717) is 12.0 Å². The number of aryl methyl sites for hydroxylation is 1. The summed E-state index contributed by atoms with van der Waals surface area (Å²) in [5.74, 6) is 0.580. The Morgan fingerprint density at radius 1 is 1.25 bits per heavy atom. The van der Waals surface area contributed by atoms with Gasteiger partial charge in [0.25, 0.3) is 0 Å². The summed E-state index contributed by atoms with van der Waals surface area (Å²) in [6.45, 7) is 9.25. The van der Waals surface area contributed by atoms with Gasteiger partial charge in [0.2, 0.25) is 0 Å². The standard InChI is InChI=1S/C14H22FN/c1-10(2)7-12(4)16-9-13-5-6-14(15)11(3)8-13/h5-6,8,10,12,16H,7,9H2,1-4H3. The van der Waals surface area contributed by atoms with Crippen molar-refractivity contribution in [3.63, 3.8) is 0 Å². The van der Waals surface area contributed by atoms with Crippen molar-refractivity contribution in [2.45, 2.75) is 46.7 Å². The van der Waals surface area contributed by atoms with E-state index in [9.17, 15) is 4.39 Å². The van der Waals surface area contributed by atoms with Gasteiger partial charge in [0.1, 0.15) is 5.82 Å². The number of hydrogen-bond donors (Lipinski definition) is 1. The topological polar surface area (TPSA) is 12.0 Å². The molecule has 0 spiro atoms. The molecule has 0 bridgehead atoms. The highest BCUT2D eigenvalue weighted by atomic mass is 19.1. The van der Waals surface area contributed by atoms with Gasteiger partial charge in [-0.2, -0.15) is 0 Å². The van der Waals surface area contributed by atoms with Crippen molar-refractivity contribution < 1.29 is 4.39 Å². The summed E-state index contributed by atoms with van der Waals surface area (Å²) in [4.78, 5) is 0. The average Bonchev–Trinajstić information content (AvgIpc) is 2.19. The summed E-state index contributed by atoms with van der Waals surface area (Å²) in [6.07, 6.45) is 1.17. The Labute approximate surface area is 98.1 Å². The fourth-order valence-electron chi connectivity index (χ4n) is 1.90. The molecule has 1 nitrogen and oxygen atoms in total. The minimum Gasteiger partial charge on any atom is -0.310 e. The van der Waals surface area contributed by atoms with E-state index in [1.807, 2.05) is 12.1 Å². The second-order valence-electron chi connectivity index (χ2n) is 5.00. The lowest BCUT2D eigenvalue weighted by Gasteiger charge is -2.16. The van der Waals surface area contributed by atoms with Crippen LogP contribution in [0.2, 0.25) is 0 Å². The molecule has 0 fully saturated rings. The first kappa shape index (κ1) is 13.2. The molecular formula is C14H22FN. The maximum absolute atomic E-state index is 13.0. The fraction of sp³-hybridized carbons (Fsp3) is 0.571. The van der Waals surface area contributed by atoms with Crippen molar-refractivity contribution in [1.82, 2.24) is 5.32 Å². The molecule has 1 atom stereocenters. The summed E-state index contributed by atoms with van der Waals surface area (Å²) < 4.78 is 13.0. The van der Waals surface area contributed by atoms with Gasteiger partial charge in [0.15, 0.2) is 0 Å². The Kier molecular flexibility index (Phi) is 4.94. The quantitative estimate of drug-likeness (QED) is 0.803. The van der Waals surface area contributed by atoms with Crippen molar-refractivity contribution in [3.05, 3.63) is 35.1 Å². The highest BCUT2D eigenvalue weighted by molar-refractivity contribution is 5.23. The lowest BCUT2D eigenvalue weighted by molar-refractivity contribution is 0.441. The van der Waals surface area contributed by atoms with Crippen LogP contribution in [0.5, 0.6) is 0 Å².